The van der Waals surface area contributed by atoms with Gasteiger partial charge >= 0.3 is 6.18 Å². The molecule has 1 aromatic carbocycles. The van der Waals surface area contributed by atoms with Gasteiger partial charge in [-0.2, -0.15) is 13.2 Å². The van der Waals surface area contributed by atoms with Crippen LogP contribution in [0.15, 0.2) is 48.8 Å². The Balaban J connectivity index is 0.00000243. The molecule has 1 unspecified atom stereocenters. The highest BCUT2D eigenvalue weighted by Crippen LogP contribution is 2.25. The number of rotatable bonds is 5. The Morgan fingerprint density at radius 3 is 2.69 bits per heavy atom. The first-order valence-corrected chi connectivity index (χ1v) is 8.14. The summed E-state index contributed by atoms with van der Waals surface area (Å²) < 4.78 is 41.8. The van der Waals surface area contributed by atoms with Crippen molar-refractivity contribution in [2.75, 3.05) is 26.2 Å². The van der Waals surface area contributed by atoms with Crippen molar-refractivity contribution in [3.8, 4) is 5.75 Å². The Morgan fingerprint density at radius 1 is 1.19 bits per heavy atom. The van der Waals surface area contributed by atoms with Crippen molar-refractivity contribution in [1.82, 2.24) is 15.2 Å². The van der Waals surface area contributed by atoms with Gasteiger partial charge in [-0.15, -0.1) is 12.4 Å². The summed E-state index contributed by atoms with van der Waals surface area (Å²) in [5.41, 5.74) is 2.10. The summed E-state index contributed by atoms with van der Waals surface area (Å²) in [6, 6.07) is 11.1. The second-order valence-electron chi connectivity index (χ2n) is 6.02. The van der Waals surface area contributed by atoms with Crippen LogP contribution in [0.2, 0.25) is 0 Å². The Bertz CT molecular complexity index is 685. The molecule has 2 aromatic rings. The van der Waals surface area contributed by atoms with E-state index in [-0.39, 0.29) is 24.2 Å². The van der Waals surface area contributed by atoms with E-state index in [0.29, 0.717) is 6.54 Å². The van der Waals surface area contributed by atoms with Crippen molar-refractivity contribution in [3.63, 3.8) is 0 Å². The maximum Gasteiger partial charge on any atom is 0.422 e. The molecule has 1 N–H and O–H groups in total. The van der Waals surface area contributed by atoms with E-state index in [2.05, 4.69) is 15.2 Å². The molecule has 142 valence electrons. The van der Waals surface area contributed by atoms with Gasteiger partial charge in [0.2, 0.25) is 0 Å². The third-order valence-electron chi connectivity index (χ3n) is 4.13. The monoisotopic (exact) mass is 387 g/mol. The van der Waals surface area contributed by atoms with Crippen molar-refractivity contribution >= 4 is 12.4 Å². The van der Waals surface area contributed by atoms with Gasteiger partial charge in [-0.3, -0.25) is 9.88 Å². The second-order valence-corrected chi connectivity index (χ2v) is 6.02. The van der Waals surface area contributed by atoms with Gasteiger partial charge < -0.3 is 10.1 Å². The number of ether oxygens (including phenoxy) is 1. The normalized spacial score (nSPS) is 18.2. The summed E-state index contributed by atoms with van der Waals surface area (Å²) in [6.45, 7) is 1.95. The zero-order valence-electron chi connectivity index (χ0n) is 14.1. The van der Waals surface area contributed by atoms with Gasteiger partial charge in [0.05, 0.1) is 0 Å². The SMILES string of the molecule is Cl.FC(F)(F)COc1cccc(CN2CCNCC2c2ccncc2)c1. The lowest BCUT2D eigenvalue weighted by Crippen LogP contribution is -2.45. The van der Waals surface area contributed by atoms with Gasteiger partial charge in [-0.1, -0.05) is 12.1 Å². The zero-order valence-corrected chi connectivity index (χ0v) is 14.9. The molecule has 4 nitrogen and oxygen atoms in total. The predicted molar refractivity (Wildman–Crippen MR) is 95.5 cm³/mol. The molecule has 0 aliphatic carbocycles. The largest absolute Gasteiger partial charge is 0.484 e. The van der Waals surface area contributed by atoms with E-state index in [4.69, 9.17) is 4.74 Å². The predicted octanol–water partition coefficient (Wildman–Crippen LogP) is 3.59. The maximum absolute atomic E-state index is 12.3. The number of nitrogens with zero attached hydrogens (tertiary/aromatic N) is 2. The fourth-order valence-corrected chi connectivity index (χ4v) is 2.98. The minimum atomic E-state index is -4.33. The highest BCUT2D eigenvalue weighted by molar-refractivity contribution is 5.85. The van der Waals surface area contributed by atoms with Crippen LogP contribution in [0.4, 0.5) is 13.2 Å². The summed E-state index contributed by atoms with van der Waals surface area (Å²) in [5, 5.41) is 3.39. The quantitative estimate of drug-likeness (QED) is 0.850. The summed E-state index contributed by atoms with van der Waals surface area (Å²) >= 11 is 0. The summed E-state index contributed by atoms with van der Waals surface area (Å²) in [6.07, 6.45) is -0.789. The highest BCUT2D eigenvalue weighted by atomic mass is 35.5. The first-order chi connectivity index (χ1) is 12.0. The van der Waals surface area contributed by atoms with Crippen LogP contribution in [0.1, 0.15) is 17.2 Å². The first-order valence-electron chi connectivity index (χ1n) is 8.14. The van der Waals surface area contributed by atoms with Gasteiger partial charge in [0.15, 0.2) is 6.61 Å². The fraction of sp³-hybridized carbons (Fsp3) is 0.389. The van der Waals surface area contributed by atoms with Gasteiger partial charge in [-0.25, -0.2) is 0 Å². The topological polar surface area (TPSA) is 37.4 Å². The van der Waals surface area contributed by atoms with Crippen LogP contribution in [0.25, 0.3) is 0 Å². The lowest BCUT2D eigenvalue weighted by molar-refractivity contribution is -0.153. The van der Waals surface area contributed by atoms with Crippen LogP contribution in [0.5, 0.6) is 5.75 Å². The number of aromatic nitrogens is 1. The molecule has 1 aromatic heterocycles. The number of piperazine rings is 1. The van der Waals surface area contributed by atoms with Crippen LogP contribution >= 0.6 is 12.4 Å². The Kier molecular flexibility index (Phi) is 7.25. The van der Waals surface area contributed by atoms with Crippen molar-refractivity contribution < 1.29 is 17.9 Å². The van der Waals surface area contributed by atoms with E-state index in [1.165, 1.54) is 5.56 Å². The molecule has 0 bridgehead atoms. The summed E-state index contributed by atoms with van der Waals surface area (Å²) in [7, 11) is 0. The van der Waals surface area contributed by atoms with E-state index in [9.17, 15) is 13.2 Å². The van der Waals surface area contributed by atoms with Crippen molar-refractivity contribution in [2.24, 2.45) is 0 Å². The van der Waals surface area contributed by atoms with Crippen LogP contribution < -0.4 is 10.1 Å². The molecule has 0 saturated carbocycles. The second kappa shape index (κ2) is 9.21. The third kappa shape index (κ3) is 5.86. The number of hydrogen-bond donors (Lipinski definition) is 1. The molecule has 1 saturated heterocycles. The van der Waals surface area contributed by atoms with Gasteiger partial charge in [0.1, 0.15) is 5.75 Å². The lowest BCUT2D eigenvalue weighted by atomic mass is 10.0. The molecule has 1 aliphatic heterocycles. The van der Waals surface area contributed by atoms with Crippen molar-refractivity contribution in [2.45, 2.75) is 18.8 Å². The van der Waals surface area contributed by atoms with E-state index < -0.39 is 12.8 Å². The van der Waals surface area contributed by atoms with Crippen molar-refractivity contribution in [1.29, 1.82) is 0 Å². The average Bonchev–Trinajstić information content (AvgIpc) is 2.61. The molecule has 0 radical (unpaired) electrons. The van der Waals surface area contributed by atoms with Crippen LogP contribution in [-0.2, 0) is 6.54 Å². The molecule has 8 heteroatoms. The van der Waals surface area contributed by atoms with E-state index >= 15 is 0 Å². The standard InChI is InChI=1S/C18H20F3N3O.ClH/c19-18(20,21)13-25-16-3-1-2-14(10-16)12-24-9-8-23-11-17(24)15-4-6-22-7-5-15;/h1-7,10,17,23H,8-9,11-13H2;1H. The molecule has 3 rings (SSSR count). The Labute approximate surface area is 156 Å². The maximum atomic E-state index is 12.3. The van der Waals surface area contributed by atoms with Crippen LogP contribution in [0.3, 0.4) is 0 Å². The molecule has 0 spiro atoms. The van der Waals surface area contributed by atoms with Crippen LogP contribution in [-0.4, -0.2) is 42.3 Å². The number of pyridine rings is 1. The molecule has 26 heavy (non-hydrogen) atoms. The minimum Gasteiger partial charge on any atom is -0.484 e. The average molecular weight is 388 g/mol. The molecule has 2 heterocycles. The summed E-state index contributed by atoms with van der Waals surface area (Å²) in [4.78, 5) is 6.37. The zero-order chi connectivity index (χ0) is 17.7. The third-order valence-corrected chi connectivity index (χ3v) is 4.13. The smallest absolute Gasteiger partial charge is 0.422 e. The Morgan fingerprint density at radius 2 is 1.96 bits per heavy atom. The van der Waals surface area contributed by atoms with E-state index in [0.717, 1.165) is 25.2 Å². The number of halogens is 4. The number of benzene rings is 1. The van der Waals surface area contributed by atoms with Crippen LogP contribution in [0, 0.1) is 0 Å². The highest BCUT2D eigenvalue weighted by Gasteiger charge is 2.28. The molecule has 0 amide bonds. The molecule has 1 fully saturated rings. The molecule has 1 aliphatic rings. The molecular formula is C18H21ClF3N3O. The lowest BCUT2D eigenvalue weighted by Gasteiger charge is -2.36. The van der Waals surface area contributed by atoms with Gasteiger partial charge in [0, 0.05) is 44.6 Å². The number of alkyl halides is 3. The van der Waals surface area contributed by atoms with E-state index in [1.807, 2.05) is 18.2 Å². The Hall–Kier alpha value is -1.83. The van der Waals surface area contributed by atoms with Crippen molar-refractivity contribution in [3.05, 3.63) is 59.9 Å². The first kappa shape index (κ1) is 20.5. The van der Waals surface area contributed by atoms with Gasteiger partial charge in [0.25, 0.3) is 0 Å². The van der Waals surface area contributed by atoms with Gasteiger partial charge in [-0.05, 0) is 35.4 Å². The molecule has 1 atom stereocenters. The summed E-state index contributed by atoms with van der Waals surface area (Å²) in [5.74, 6) is 0.241. The number of hydrogen-bond acceptors (Lipinski definition) is 4. The van der Waals surface area contributed by atoms with E-state index in [1.54, 1.807) is 30.6 Å². The fourth-order valence-electron chi connectivity index (χ4n) is 2.98. The number of nitrogens with one attached hydrogen (secondary N) is 1. The minimum absolute atomic E-state index is 0. The molecular weight excluding hydrogens is 367 g/mol.